The van der Waals surface area contributed by atoms with Crippen LogP contribution in [-0.2, 0) is 9.59 Å². The number of carbonyl (C=O) groups excluding carboxylic acids is 2. The van der Waals surface area contributed by atoms with Gasteiger partial charge >= 0.3 is 0 Å². The molecule has 1 aliphatic heterocycles. The number of anilines is 1. The molecule has 4 nitrogen and oxygen atoms in total. The molecule has 1 heterocycles. The fraction of sp³-hybridized carbons (Fsp3) is 0.273. The second-order valence-electron chi connectivity index (χ2n) is 3.82. The molecule has 1 unspecified atom stereocenters. The maximum Gasteiger partial charge on any atom is 0.229 e. The summed E-state index contributed by atoms with van der Waals surface area (Å²) < 4.78 is 0.846. The second-order valence-corrected chi connectivity index (χ2v) is 5.14. The summed E-state index contributed by atoms with van der Waals surface area (Å²) in [5, 5.41) is 5.80. The van der Waals surface area contributed by atoms with Gasteiger partial charge in [-0.15, -0.1) is 0 Å². The number of nitrogens with one attached hydrogen (secondary N) is 2. The number of carbonyl (C=O) groups is 2. The number of benzene rings is 1. The van der Waals surface area contributed by atoms with Gasteiger partial charge in [-0.05, 0) is 18.2 Å². The Morgan fingerprint density at radius 3 is 2.88 bits per heavy atom. The van der Waals surface area contributed by atoms with E-state index in [2.05, 4.69) is 26.6 Å². The number of hydrogen-bond acceptors (Lipinski definition) is 2. The fourth-order valence-electron chi connectivity index (χ4n) is 1.62. The van der Waals surface area contributed by atoms with Gasteiger partial charge in [0.05, 0.1) is 16.6 Å². The van der Waals surface area contributed by atoms with Gasteiger partial charge in [-0.3, -0.25) is 9.59 Å². The Bertz CT molecular complexity index is 479. The van der Waals surface area contributed by atoms with Crippen molar-refractivity contribution >= 4 is 45.0 Å². The number of rotatable bonds is 2. The van der Waals surface area contributed by atoms with Crippen LogP contribution in [0.4, 0.5) is 5.69 Å². The molecule has 0 saturated carbocycles. The summed E-state index contributed by atoms with van der Waals surface area (Å²) in [5.41, 5.74) is 0.555. The van der Waals surface area contributed by atoms with Crippen LogP contribution in [0.3, 0.4) is 0 Å². The smallest absolute Gasteiger partial charge is 0.229 e. The molecule has 1 aromatic carbocycles. The van der Waals surface area contributed by atoms with Crippen LogP contribution in [-0.4, -0.2) is 18.4 Å². The Labute approximate surface area is 112 Å². The van der Waals surface area contributed by atoms with Crippen molar-refractivity contribution in [1.82, 2.24) is 5.32 Å². The highest BCUT2D eigenvalue weighted by Gasteiger charge is 2.28. The highest BCUT2D eigenvalue weighted by Crippen LogP contribution is 2.26. The molecule has 90 valence electrons. The Balaban J connectivity index is 2.05. The fourth-order valence-corrected chi connectivity index (χ4v) is 2.34. The van der Waals surface area contributed by atoms with Gasteiger partial charge in [0.1, 0.15) is 0 Å². The third kappa shape index (κ3) is 2.98. The maximum atomic E-state index is 11.8. The molecule has 6 heteroatoms. The average Bonchev–Trinajstić information content (AvgIpc) is 2.69. The first-order valence-corrected chi connectivity index (χ1v) is 6.26. The molecule has 1 atom stereocenters. The van der Waals surface area contributed by atoms with E-state index in [0.717, 1.165) is 4.47 Å². The third-order valence-electron chi connectivity index (χ3n) is 2.54. The molecule has 0 aliphatic carbocycles. The molecular formula is C11H10BrClN2O2. The third-order valence-corrected chi connectivity index (χ3v) is 3.34. The van der Waals surface area contributed by atoms with Crippen molar-refractivity contribution < 1.29 is 9.59 Å². The first kappa shape index (κ1) is 12.4. The summed E-state index contributed by atoms with van der Waals surface area (Å²) in [6.45, 7) is 0.388. The molecular weight excluding hydrogens is 307 g/mol. The van der Waals surface area contributed by atoms with Gasteiger partial charge in [0.15, 0.2) is 0 Å². The van der Waals surface area contributed by atoms with E-state index in [4.69, 9.17) is 11.6 Å². The van der Waals surface area contributed by atoms with Crippen molar-refractivity contribution in [3.63, 3.8) is 0 Å². The van der Waals surface area contributed by atoms with Crippen molar-refractivity contribution in [2.45, 2.75) is 6.42 Å². The molecule has 2 N–H and O–H groups in total. The van der Waals surface area contributed by atoms with Crippen LogP contribution in [0.25, 0.3) is 0 Å². The van der Waals surface area contributed by atoms with E-state index in [1.165, 1.54) is 0 Å². The second kappa shape index (κ2) is 5.06. The quantitative estimate of drug-likeness (QED) is 0.878. The van der Waals surface area contributed by atoms with Crippen LogP contribution in [0.1, 0.15) is 6.42 Å². The molecule has 1 fully saturated rings. The maximum absolute atomic E-state index is 11.8. The van der Waals surface area contributed by atoms with E-state index in [1.807, 2.05) is 0 Å². The predicted octanol–water partition coefficient (Wildman–Crippen LogP) is 2.18. The van der Waals surface area contributed by atoms with E-state index < -0.39 is 0 Å². The van der Waals surface area contributed by atoms with Gasteiger partial charge in [0.2, 0.25) is 11.8 Å². The highest BCUT2D eigenvalue weighted by atomic mass is 79.9. The van der Waals surface area contributed by atoms with Gasteiger partial charge in [-0.2, -0.15) is 0 Å². The van der Waals surface area contributed by atoms with Gasteiger partial charge in [-0.1, -0.05) is 27.5 Å². The summed E-state index contributed by atoms with van der Waals surface area (Å²) in [4.78, 5) is 22.8. The number of amides is 2. The topological polar surface area (TPSA) is 58.2 Å². The summed E-state index contributed by atoms with van der Waals surface area (Å²) in [5.74, 6) is -0.596. The lowest BCUT2D eigenvalue weighted by molar-refractivity contribution is -0.123. The van der Waals surface area contributed by atoms with E-state index in [9.17, 15) is 9.59 Å². The molecule has 0 spiro atoms. The standard InChI is InChI=1S/C11H10BrClN2O2/c12-7-1-2-9(8(13)4-7)15-11(17)6-3-10(16)14-5-6/h1-2,4,6H,3,5H2,(H,14,16)(H,15,17). The zero-order valence-electron chi connectivity index (χ0n) is 8.80. The first-order chi connectivity index (χ1) is 8.06. The normalized spacial score (nSPS) is 18.9. The molecule has 0 radical (unpaired) electrons. The van der Waals surface area contributed by atoms with E-state index in [0.29, 0.717) is 17.3 Å². The van der Waals surface area contributed by atoms with Crippen LogP contribution >= 0.6 is 27.5 Å². The SMILES string of the molecule is O=C1CC(C(=O)Nc2ccc(Br)cc2Cl)CN1. The summed E-state index contributed by atoms with van der Waals surface area (Å²) in [6, 6.07) is 5.21. The molecule has 0 aromatic heterocycles. The van der Waals surface area contributed by atoms with Crippen molar-refractivity contribution in [3.8, 4) is 0 Å². The largest absolute Gasteiger partial charge is 0.355 e. The van der Waals surface area contributed by atoms with Gasteiger partial charge < -0.3 is 10.6 Å². The minimum atomic E-state index is -0.317. The molecule has 1 aliphatic rings. The van der Waals surface area contributed by atoms with Crippen LogP contribution in [0, 0.1) is 5.92 Å². The van der Waals surface area contributed by atoms with Crippen molar-refractivity contribution in [2.24, 2.45) is 5.92 Å². The Hall–Kier alpha value is -1.07. The summed E-state index contributed by atoms with van der Waals surface area (Å²) in [6.07, 6.45) is 0.236. The minimum absolute atomic E-state index is 0.0907. The van der Waals surface area contributed by atoms with Crippen LogP contribution < -0.4 is 10.6 Å². The highest BCUT2D eigenvalue weighted by molar-refractivity contribution is 9.10. The minimum Gasteiger partial charge on any atom is -0.355 e. The molecule has 1 aromatic rings. The molecule has 17 heavy (non-hydrogen) atoms. The number of hydrogen-bond donors (Lipinski definition) is 2. The molecule has 2 rings (SSSR count). The molecule has 2 amide bonds. The summed E-state index contributed by atoms with van der Waals surface area (Å²) in [7, 11) is 0. The van der Waals surface area contributed by atoms with E-state index in [-0.39, 0.29) is 24.2 Å². The van der Waals surface area contributed by atoms with E-state index in [1.54, 1.807) is 18.2 Å². The lowest BCUT2D eigenvalue weighted by Crippen LogP contribution is -2.24. The Morgan fingerprint density at radius 2 is 2.29 bits per heavy atom. The van der Waals surface area contributed by atoms with Gasteiger partial charge in [0.25, 0.3) is 0 Å². The first-order valence-electron chi connectivity index (χ1n) is 5.09. The van der Waals surface area contributed by atoms with E-state index >= 15 is 0 Å². The zero-order valence-corrected chi connectivity index (χ0v) is 11.1. The van der Waals surface area contributed by atoms with Crippen LogP contribution in [0.2, 0.25) is 5.02 Å². The van der Waals surface area contributed by atoms with Crippen LogP contribution in [0.5, 0.6) is 0 Å². The average molecular weight is 318 g/mol. The summed E-state index contributed by atoms with van der Waals surface area (Å²) >= 11 is 9.27. The van der Waals surface area contributed by atoms with Crippen molar-refractivity contribution in [3.05, 3.63) is 27.7 Å². The lowest BCUT2D eigenvalue weighted by Gasteiger charge is -2.10. The van der Waals surface area contributed by atoms with Gasteiger partial charge in [0, 0.05) is 17.4 Å². The van der Waals surface area contributed by atoms with Crippen LogP contribution in [0.15, 0.2) is 22.7 Å². The van der Waals surface area contributed by atoms with Gasteiger partial charge in [-0.25, -0.2) is 0 Å². The Kier molecular flexibility index (Phi) is 3.69. The monoisotopic (exact) mass is 316 g/mol. The van der Waals surface area contributed by atoms with Crippen molar-refractivity contribution in [1.29, 1.82) is 0 Å². The van der Waals surface area contributed by atoms with Crippen molar-refractivity contribution in [2.75, 3.05) is 11.9 Å². The number of halogens is 2. The predicted molar refractivity (Wildman–Crippen MR) is 68.9 cm³/mol. The zero-order chi connectivity index (χ0) is 12.4. The molecule has 0 bridgehead atoms. The molecule has 1 saturated heterocycles. The Morgan fingerprint density at radius 1 is 1.53 bits per heavy atom. The lowest BCUT2D eigenvalue weighted by atomic mass is 10.1.